The molecule has 128 valence electrons. The van der Waals surface area contributed by atoms with Gasteiger partial charge >= 0.3 is 5.97 Å². The molecule has 0 aliphatic heterocycles. The standard InChI is InChI=1S/C20H20N2O3/c1-25-20(24)18(13-16-8-5-9-17(12-16)14-21)22-19(23)11-10-15-6-3-2-4-7-15/h2-9,12,18H,10-11,13H2,1H3,(H,22,23)/t18-/m1/s1. The highest BCUT2D eigenvalue weighted by atomic mass is 16.5. The van der Waals surface area contributed by atoms with Gasteiger partial charge in [0.25, 0.3) is 0 Å². The van der Waals surface area contributed by atoms with Gasteiger partial charge in [-0.1, -0.05) is 42.5 Å². The van der Waals surface area contributed by atoms with Gasteiger partial charge < -0.3 is 10.1 Å². The third-order valence-corrected chi connectivity index (χ3v) is 3.80. The van der Waals surface area contributed by atoms with Crippen LogP contribution in [-0.2, 0) is 27.2 Å². The fraction of sp³-hybridized carbons (Fsp3) is 0.250. The number of carbonyl (C=O) groups excluding carboxylic acids is 2. The van der Waals surface area contributed by atoms with Crippen LogP contribution in [0.2, 0.25) is 0 Å². The molecule has 5 nitrogen and oxygen atoms in total. The number of nitriles is 1. The molecule has 0 unspecified atom stereocenters. The summed E-state index contributed by atoms with van der Waals surface area (Å²) in [5, 5.41) is 11.7. The number of nitrogens with one attached hydrogen (secondary N) is 1. The van der Waals surface area contributed by atoms with Crippen molar-refractivity contribution in [3.63, 3.8) is 0 Å². The summed E-state index contributed by atoms with van der Waals surface area (Å²) in [6.45, 7) is 0. The lowest BCUT2D eigenvalue weighted by Gasteiger charge is -2.17. The highest BCUT2D eigenvalue weighted by Crippen LogP contribution is 2.09. The number of hydrogen-bond acceptors (Lipinski definition) is 4. The van der Waals surface area contributed by atoms with Crippen molar-refractivity contribution in [2.45, 2.75) is 25.3 Å². The van der Waals surface area contributed by atoms with Crippen LogP contribution >= 0.6 is 0 Å². The van der Waals surface area contributed by atoms with Gasteiger partial charge in [-0.2, -0.15) is 5.26 Å². The second-order valence-electron chi connectivity index (χ2n) is 5.65. The molecule has 0 aromatic heterocycles. The molecular formula is C20H20N2O3. The second-order valence-corrected chi connectivity index (χ2v) is 5.65. The summed E-state index contributed by atoms with van der Waals surface area (Å²) in [6.07, 6.45) is 1.17. The number of aryl methyl sites for hydroxylation is 1. The maximum Gasteiger partial charge on any atom is 0.328 e. The van der Waals surface area contributed by atoms with E-state index in [1.165, 1.54) is 7.11 Å². The van der Waals surface area contributed by atoms with Gasteiger partial charge in [0.05, 0.1) is 18.7 Å². The summed E-state index contributed by atoms with van der Waals surface area (Å²) in [7, 11) is 1.29. The van der Waals surface area contributed by atoms with Crippen molar-refractivity contribution in [1.29, 1.82) is 5.26 Å². The van der Waals surface area contributed by atoms with E-state index in [-0.39, 0.29) is 18.7 Å². The minimum absolute atomic E-state index is 0.212. The minimum Gasteiger partial charge on any atom is -0.467 e. The summed E-state index contributed by atoms with van der Waals surface area (Å²) in [4.78, 5) is 24.2. The molecule has 1 amide bonds. The first-order chi connectivity index (χ1) is 12.1. The van der Waals surface area contributed by atoms with Crippen LogP contribution in [0.25, 0.3) is 0 Å². The molecule has 2 aromatic rings. The van der Waals surface area contributed by atoms with E-state index in [0.29, 0.717) is 12.0 Å². The Bertz CT molecular complexity index is 766. The molecule has 0 heterocycles. The lowest BCUT2D eigenvalue weighted by atomic mass is 10.0. The lowest BCUT2D eigenvalue weighted by molar-refractivity contribution is -0.145. The van der Waals surface area contributed by atoms with E-state index in [1.807, 2.05) is 36.4 Å². The van der Waals surface area contributed by atoms with Crippen LogP contribution in [0.15, 0.2) is 54.6 Å². The Balaban J connectivity index is 1.98. The van der Waals surface area contributed by atoms with Crippen molar-refractivity contribution in [2.75, 3.05) is 7.11 Å². The zero-order chi connectivity index (χ0) is 18.1. The second kappa shape index (κ2) is 9.24. The largest absolute Gasteiger partial charge is 0.467 e. The van der Waals surface area contributed by atoms with Crippen molar-refractivity contribution in [1.82, 2.24) is 5.32 Å². The number of hydrogen-bond donors (Lipinski definition) is 1. The Morgan fingerprint density at radius 3 is 2.52 bits per heavy atom. The first-order valence-electron chi connectivity index (χ1n) is 8.02. The molecule has 1 atom stereocenters. The molecular weight excluding hydrogens is 316 g/mol. The summed E-state index contributed by atoms with van der Waals surface area (Å²) in [5.74, 6) is -0.717. The average Bonchev–Trinajstić information content (AvgIpc) is 2.66. The SMILES string of the molecule is COC(=O)[C@@H](Cc1cccc(C#N)c1)NC(=O)CCc1ccccc1. The van der Waals surface area contributed by atoms with Crippen molar-refractivity contribution < 1.29 is 14.3 Å². The van der Waals surface area contributed by atoms with Crippen molar-refractivity contribution in [3.8, 4) is 6.07 Å². The topological polar surface area (TPSA) is 79.2 Å². The zero-order valence-electron chi connectivity index (χ0n) is 14.1. The number of carbonyl (C=O) groups is 2. The fourth-order valence-corrected chi connectivity index (χ4v) is 2.51. The van der Waals surface area contributed by atoms with Gasteiger partial charge in [-0.15, -0.1) is 0 Å². The Kier molecular flexibility index (Phi) is 6.73. The molecule has 0 bridgehead atoms. The molecule has 5 heteroatoms. The Morgan fingerprint density at radius 2 is 1.84 bits per heavy atom. The molecule has 0 fully saturated rings. The highest BCUT2D eigenvalue weighted by Gasteiger charge is 2.22. The highest BCUT2D eigenvalue weighted by molar-refractivity contribution is 5.84. The molecule has 0 saturated heterocycles. The van der Waals surface area contributed by atoms with E-state index in [9.17, 15) is 9.59 Å². The van der Waals surface area contributed by atoms with E-state index in [0.717, 1.165) is 11.1 Å². The van der Waals surface area contributed by atoms with Crippen LogP contribution in [0, 0.1) is 11.3 Å². The van der Waals surface area contributed by atoms with E-state index in [4.69, 9.17) is 10.00 Å². The van der Waals surface area contributed by atoms with E-state index >= 15 is 0 Å². The van der Waals surface area contributed by atoms with Crippen molar-refractivity contribution >= 4 is 11.9 Å². The van der Waals surface area contributed by atoms with Crippen LogP contribution in [-0.4, -0.2) is 25.0 Å². The molecule has 2 rings (SSSR count). The smallest absolute Gasteiger partial charge is 0.328 e. The monoisotopic (exact) mass is 336 g/mol. The van der Waals surface area contributed by atoms with Crippen LogP contribution in [0.5, 0.6) is 0 Å². The van der Waals surface area contributed by atoms with Gasteiger partial charge in [0.1, 0.15) is 6.04 Å². The van der Waals surface area contributed by atoms with Gasteiger partial charge in [-0.3, -0.25) is 4.79 Å². The zero-order valence-corrected chi connectivity index (χ0v) is 14.1. The Morgan fingerprint density at radius 1 is 1.12 bits per heavy atom. The number of ether oxygens (including phenoxy) is 1. The maximum atomic E-state index is 12.2. The Labute approximate surface area is 147 Å². The minimum atomic E-state index is -0.776. The average molecular weight is 336 g/mol. The molecule has 0 radical (unpaired) electrons. The number of methoxy groups -OCH3 is 1. The number of nitrogens with zero attached hydrogens (tertiary/aromatic N) is 1. The Hall–Kier alpha value is -3.13. The number of amides is 1. The van der Waals surface area contributed by atoms with E-state index in [2.05, 4.69) is 11.4 Å². The fourth-order valence-electron chi connectivity index (χ4n) is 2.51. The summed E-state index contributed by atoms with van der Waals surface area (Å²) in [5.41, 5.74) is 2.36. The van der Waals surface area contributed by atoms with Crippen LogP contribution in [0.1, 0.15) is 23.1 Å². The molecule has 25 heavy (non-hydrogen) atoms. The predicted molar refractivity (Wildman–Crippen MR) is 93.6 cm³/mol. The van der Waals surface area contributed by atoms with Gasteiger partial charge in [-0.05, 0) is 29.7 Å². The summed E-state index contributed by atoms with van der Waals surface area (Å²) in [6, 6.07) is 17.9. The van der Waals surface area contributed by atoms with Crippen LogP contribution in [0.3, 0.4) is 0 Å². The summed E-state index contributed by atoms with van der Waals surface area (Å²) >= 11 is 0. The molecule has 2 aromatic carbocycles. The first-order valence-corrected chi connectivity index (χ1v) is 8.02. The van der Waals surface area contributed by atoms with Gasteiger partial charge in [0.2, 0.25) is 5.91 Å². The van der Waals surface area contributed by atoms with Crippen molar-refractivity contribution in [3.05, 3.63) is 71.3 Å². The predicted octanol–water partition coefficient (Wildman–Crippen LogP) is 2.39. The normalized spacial score (nSPS) is 11.2. The molecule has 0 aliphatic carbocycles. The molecule has 1 N–H and O–H groups in total. The number of rotatable bonds is 7. The maximum absolute atomic E-state index is 12.2. The number of benzene rings is 2. The van der Waals surface area contributed by atoms with Crippen LogP contribution < -0.4 is 5.32 Å². The van der Waals surface area contributed by atoms with E-state index < -0.39 is 12.0 Å². The van der Waals surface area contributed by atoms with Crippen LogP contribution in [0.4, 0.5) is 0 Å². The van der Waals surface area contributed by atoms with Gasteiger partial charge in [-0.25, -0.2) is 4.79 Å². The number of esters is 1. The van der Waals surface area contributed by atoms with Gasteiger partial charge in [0.15, 0.2) is 0 Å². The molecule has 0 spiro atoms. The third-order valence-electron chi connectivity index (χ3n) is 3.80. The lowest BCUT2D eigenvalue weighted by Crippen LogP contribution is -2.43. The first kappa shape index (κ1) is 18.2. The third kappa shape index (κ3) is 5.78. The molecule has 0 saturated carbocycles. The van der Waals surface area contributed by atoms with E-state index in [1.54, 1.807) is 18.2 Å². The molecule has 0 aliphatic rings. The quantitative estimate of drug-likeness (QED) is 0.788. The van der Waals surface area contributed by atoms with Crippen molar-refractivity contribution in [2.24, 2.45) is 0 Å². The summed E-state index contributed by atoms with van der Waals surface area (Å²) < 4.78 is 4.79. The van der Waals surface area contributed by atoms with Gasteiger partial charge in [0, 0.05) is 12.8 Å².